The molecule has 0 bridgehead atoms. The van der Waals surface area contributed by atoms with Crippen molar-refractivity contribution in [1.29, 1.82) is 0 Å². The zero-order valence-electron chi connectivity index (χ0n) is 17.3. The number of ether oxygens (including phenoxy) is 3. The molecule has 0 saturated heterocycles. The third kappa shape index (κ3) is 3.75. The van der Waals surface area contributed by atoms with Crippen LogP contribution in [-0.2, 0) is 4.74 Å². The van der Waals surface area contributed by atoms with E-state index < -0.39 is 11.6 Å². The maximum absolute atomic E-state index is 12.1. The lowest BCUT2D eigenvalue weighted by Crippen LogP contribution is -2.31. The fourth-order valence-electron chi connectivity index (χ4n) is 3.54. The number of phenols is 2. The van der Waals surface area contributed by atoms with Gasteiger partial charge in [0.1, 0.15) is 22.7 Å². The molecule has 0 aromatic heterocycles. The van der Waals surface area contributed by atoms with E-state index in [1.807, 2.05) is 32.9 Å². The summed E-state index contributed by atoms with van der Waals surface area (Å²) in [4.78, 5) is 12.1. The van der Waals surface area contributed by atoms with E-state index in [0.717, 1.165) is 12.8 Å². The van der Waals surface area contributed by atoms with E-state index in [4.69, 9.17) is 14.2 Å². The highest BCUT2D eigenvalue weighted by Crippen LogP contribution is 2.49. The van der Waals surface area contributed by atoms with Crippen molar-refractivity contribution in [2.45, 2.75) is 39.2 Å². The number of methoxy groups -OCH3 is 2. The summed E-state index contributed by atoms with van der Waals surface area (Å²) in [5.41, 5.74) is 1.09. The Hall–Kier alpha value is -3.15. The molecule has 2 N–H and O–H groups in total. The number of hydrogen-bond donors (Lipinski definition) is 2. The summed E-state index contributed by atoms with van der Waals surface area (Å²) in [7, 11) is 2.70. The van der Waals surface area contributed by atoms with E-state index >= 15 is 0 Å². The maximum Gasteiger partial charge on any atom is 0.341 e. The zero-order valence-corrected chi connectivity index (χ0v) is 17.3. The number of carbonyl (C=O) groups excluding carboxylic acids is 1. The minimum Gasteiger partial charge on any atom is -0.506 e. The average Bonchev–Trinajstić information content (AvgIpc) is 2.67. The highest BCUT2D eigenvalue weighted by atomic mass is 16.5. The number of carbonyl (C=O) groups is 1. The van der Waals surface area contributed by atoms with Gasteiger partial charge < -0.3 is 24.4 Å². The van der Waals surface area contributed by atoms with E-state index in [2.05, 4.69) is 6.08 Å². The van der Waals surface area contributed by atoms with Gasteiger partial charge in [0.05, 0.1) is 14.2 Å². The second kappa shape index (κ2) is 7.70. The molecule has 1 aliphatic heterocycles. The Kier molecular flexibility index (Phi) is 5.46. The van der Waals surface area contributed by atoms with Crippen molar-refractivity contribution in [2.24, 2.45) is 0 Å². The highest BCUT2D eigenvalue weighted by Gasteiger charge is 2.32. The number of allylic oxidation sites excluding steroid dienone is 2. The van der Waals surface area contributed by atoms with Crippen molar-refractivity contribution in [3.05, 3.63) is 41.0 Å². The molecule has 6 nitrogen and oxygen atoms in total. The number of benzene rings is 2. The van der Waals surface area contributed by atoms with Gasteiger partial charge in [0.25, 0.3) is 0 Å². The SMILES string of the molecule is COC(=O)c1cc(OC)c2cc(O)c3c(c2c1O)C=CC(C)(CCC=C(C)C)O3. The topological polar surface area (TPSA) is 85.2 Å². The van der Waals surface area contributed by atoms with Gasteiger partial charge in [-0.2, -0.15) is 0 Å². The Bertz CT molecular complexity index is 1030. The molecule has 0 fully saturated rings. The number of fused-ring (bicyclic) bond motifs is 3. The lowest BCUT2D eigenvalue weighted by Gasteiger charge is -2.32. The van der Waals surface area contributed by atoms with Crippen LogP contribution in [0.4, 0.5) is 0 Å². The molecule has 154 valence electrons. The number of hydrogen-bond acceptors (Lipinski definition) is 6. The van der Waals surface area contributed by atoms with Gasteiger partial charge >= 0.3 is 5.97 Å². The van der Waals surface area contributed by atoms with Crippen LogP contribution in [0.25, 0.3) is 16.8 Å². The molecule has 3 rings (SSSR count). The first-order chi connectivity index (χ1) is 13.7. The van der Waals surface area contributed by atoms with Crippen LogP contribution in [0.1, 0.15) is 49.5 Å². The molecule has 2 aromatic carbocycles. The third-order valence-corrected chi connectivity index (χ3v) is 5.09. The van der Waals surface area contributed by atoms with Crippen LogP contribution in [-0.4, -0.2) is 36.0 Å². The summed E-state index contributed by atoms with van der Waals surface area (Å²) < 4.78 is 16.3. The highest BCUT2D eigenvalue weighted by molar-refractivity contribution is 6.08. The molecule has 0 spiro atoms. The molecule has 29 heavy (non-hydrogen) atoms. The normalized spacial score (nSPS) is 17.4. The maximum atomic E-state index is 12.1. The second-order valence-electron chi connectivity index (χ2n) is 7.60. The summed E-state index contributed by atoms with van der Waals surface area (Å²) in [5, 5.41) is 22.3. The first-order valence-corrected chi connectivity index (χ1v) is 9.40. The van der Waals surface area contributed by atoms with Crippen LogP contribution in [0.3, 0.4) is 0 Å². The molecule has 0 saturated carbocycles. The van der Waals surface area contributed by atoms with Crippen molar-refractivity contribution in [3.63, 3.8) is 0 Å². The molecule has 2 aromatic rings. The van der Waals surface area contributed by atoms with Gasteiger partial charge in [0.15, 0.2) is 11.5 Å². The lowest BCUT2D eigenvalue weighted by molar-refractivity contribution is 0.0597. The van der Waals surface area contributed by atoms with E-state index in [9.17, 15) is 15.0 Å². The Balaban J connectivity index is 2.19. The van der Waals surface area contributed by atoms with Gasteiger partial charge in [-0.1, -0.05) is 17.7 Å². The molecule has 6 heteroatoms. The van der Waals surface area contributed by atoms with Crippen LogP contribution in [0.5, 0.6) is 23.0 Å². The largest absolute Gasteiger partial charge is 0.506 e. The van der Waals surface area contributed by atoms with Crippen molar-refractivity contribution < 1.29 is 29.2 Å². The lowest BCUT2D eigenvalue weighted by atomic mass is 9.91. The van der Waals surface area contributed by atoms with E-state index in [-0.39, 0.29) is 22.8 Å². The van der Waals surface area contributed by atoms with Gasteiger partial charge in [-0.05, 0) is 51.8 Å². The van der Waals surface area contributed by atoms with Gasteiger partial charge in [-0.15, -0.1) is 0 Å². The Morgan fingerprint density at radius 3 is 2.59 bits per heavy atom. The summed E-state index contributed by atoms with van der Waals surface area (Å²) in [6, 6.07) is 2.87. The van der Waals surface area contributed by atoms with Gasteiger partial charge in [-0.25, -0.2) is 4.79 Å². The minimum atomic E-state index is -0.684. The molecule has 1 atom stereocenters. The summed E-state index contributed by atoms with van der Waals surface area (Å²) >= 11 is 0. The predicted octanol–water partition coefficient (Wildman–Crippen LogP) is 4.96. The summed E-state index contributed by atoms with van der Waals surface area (Å²) in [6.45, 7) is 6.03. The van der Waals surface area contributed by atoms with Crippen molar-refractivity contribution >= 4 is 22.8 Å². The quantitative estimate of drug-likeness (QED) is 0.547. The second-order valence-corrected chi connectivity index (χ2v) is 7.60. The molecular formula is C23H26O6. The molecule has 0 aliphatic carbocycles. The van der Waals surface area contributed by atoms with Crippen LogP contribution in [0, 0.1) is 0 Å². The van der Waals surface area contributed by atoms with Crippen molar-refractivity contribution in [2.75, 3.05) is 14.2 Å². The van der Waals surface area contributed by atoms with Crippen molar-refractivity contribution in [1.82, 2.24) is 0 Å². The molecule has 1 unspecified atom stereocenters. The Labute approximate surface area is 170 Å². The third-order valence-electron chi connectivity index (χ3n) is 5.09. The molecular weight excluding hydrogens is 372 g/mol. The van der Waals surface area contributed by atoms with Crippen LogP contribution >= 0.6 is 0 Å². The van der Waals surface area contributed by atoms with Gasteiger partial charge in [0.2, 0.25) is 0 Å². The number of phenolic OH excluding ortho intramolecular Hbond substituents is 2. The first-order valence-electron chi connectivity index (χ1n) is 9.40. The van der Waals surface area contributed by atoms with Crippen LogP contribution in [0.15, 0.2) is 29.9 Å². The van der Waals surface area contributed by atoms with Gasteiger partial charge in [0, 0.05) is 16.3 Å². The van der Waals surface area contributed by atoms with Crippen molar-refractivity contribution in [3.8, 4) is 23.0 Å². The molecule has 1 aliphatic rings. The smallest absolute Gasteiger partial charge is 0.341 e. The fourth-order valence-corrected chi connectivity index (χ4v) is 3.54. The number of aromatic hydroxyl groups is 2. The van der Waals surface area contributed by atoms with E-state index in [1.54, 1.807) is 0 Å². The average molecular weight is 398 g/mol. The van der Waals surface area contributed by atoms with Crippen LogP contribution in [0.2, 0.25) is 0 Å². The number of esters is 1. The fraction of sp³-hybridized carbons (Fsp3) is 0.348. The zero-order chi connectivity index (χ0) is 21.3. The summed E-state index contributed by atoms with van der Waals surface area (Å²) in [5.74, 6) is -0.392. The Morgan fingerprint density at radius 1 is 1.24 bits per heavy atom. The Morgan fingerprint density at radius 2 is 1.97 bits per heavy atom. The monoisotopic (exact) mass is 398 g/mol. The molecule has 0 amide bonds. The van der Waals surface area contributed by atoms with Gasteiger partial charge in [-0.3, -0.25) is 0 Å². The standard InChI is InChI=1S/C23H26O6/c1-13(2)7-6-9-23(3)10-8-14-19-15(11-17(24)21(14)29-23)18(27-4)12-16(20(19)25)22(26)28-5/h7-8,10-12,24-25H,6,9H2,1-5H3. The number of rotatable bonds is 5. The van der Waals surface area contributed by atoms with E-state index in [0.29, 0.717) is 22.1 Å². The first kappa shape index (κ1) is 20.6. The molecule has 1 heterocycles. The van der Waals surface area contributed by atoms with Crippen LogP contribution < -0.4 is 9.47 Å². The minimum absolute atomic E-state index is 0.0185. The molecule has 0 radical (unpaired) electrons. The van der Waals surface area contributed by atoms with E-state index in [1.165, 1.54) is 31.9 Å². The predicted molar refractivity (Wildman–Crippen MR) is 112 cm³/mol. The summed E-state index contributed by atoms with van der Waals surface area (Å²) in [6.07, 6.45) is 7.41.